The summed E-state index contributed by atoms with van der Waals surface area (Å²) >= 11 is 3.37. The number of carboxylic acid groups (broad SMARTS) is 1. The van der Waals surface area contributed by atoms with Gasteiger partial charge in [0.15, 0.2) is 0 Å². The van der Waals surface area contributed by atoms with E-state index in [1.165, 1.54) is 0 Å². The van der Waals surface area contributed by atoms with E-state index in [9.17, 15) is 4.79 Å². The van der Waals surface area contributed by atoms with Gasteiger partial charge >= 0.3 is 5.97 Å². The second-order valence-electron chi connectivity index (χ2n) is 3.24. The quantitative estimate of drug-likeness (QED) is 0.827. The van der Waals surface area contributed by atoms with Crippen LogP contribution >= 0.6 is 15.9 Å². The Bertz CT molecular complexity index is 341. The predicted molar refractivity (Wildman–Crippen MR) is 64.7 cm³/mol. The van der Waals surface area contributed by atoms with Crippen molar-refractivity contribution >= 4 is 28.0 Å². The fourth-order valence-corrected chi connectivity index (χ4v) is 1.43. The molecule has 0 radical (unpaired) electrons. The van der Waals surface area contributed by atoms with Crippen molar-refractivity contribution in [3.63, 3.8) is 0 Å². The van der Waals surface area contributed by atoms with Crippen LogP contribution < -0.4 is 0 Å². The molecule has 1 aromatic rings. The van der Waals surface area contributed by atoms with Crippen LogP contribution in [0.4, 0.5) is 0 Å². The Hall–Kier alpha value is -1.09. The molecule has 0 aliphatic carbocycles. The molecule has 0 bridgehead atoms. The predicted octanol–water partition coefficient (Wildman–Crippen LogP) is 3.72. The molecule has 15 heavy (non-hydrogen) atoms. The highest BCUT2D eigenvalue weighted by Gasteiger charge is 1.93. The third-order valence-corrected chi connectivity index (χ3v) is 2.47. The molecule has 0 aliphatic heterocycles. The lowest BCUT2D eigenvalue weighted by Crippen LogP contribution is -1.92. The second kappa shape index (κ2) is 6.40. The molecular weight excluding hydrogens is 256 g/mol. The van der Waals surface area contributed by atoms with E-state index in [0.29, 0.717) is 6.42 Å². The molecule has 0 unspecified atom stereocenters. The molecule has 1 aromatic carbocycles. The minimum atomic E-state index is -0.730. The zero-order valence-corrected chi connectivity index (χ0v) is 9.90. The van der Waals surface area contributed by atoms with Gasteiger partial charge in [0.1, 0.15) is 0 Å². The van der Waals surface area contributed by atoms with E-state index in [1.54, 1.807) is 0 Å². The van der Waals surface area contributed by atoms with Crippen molar-refractivity contribution < 1.29 is 9.90 Å². The van der Waals surface area contributed by atoms with Crippen molar-refractivity contribution in [2.24, 2.45) is 0 Å². The average Bonchev–Trinajstić information content (AvgIpc) is 2.20. The van der Waals surface area contributed by atoms with Crippen LogP contribution in [0.2, 0.25) is 0 Å². The van der Waals surface area contributed by atoms with E-state index in [0.717, 1.165) is 16.5 Å². The van der Waals surface area contributed by atoms with E-state index in [1.807, 2.05) is 36.4 Å². The minimum Gasteiger partial charge on any atom is -0.481 e. The van der Waals surface area contributed by atoms with E-state index >= 15 is 0 Å². The third kappa shape index (κ3) is 5.37. The van der Waals surface area contributed by atoms with Crippen molar-refractivity contribution in [2.45, 2.75) is 19.3 Å². The maximum absolute atomic E-state index is 10.2. The molecule has 1 rings (SSSR count). The molecule has 3 heteroatoms. The Morgan fingerprint density at radius 1 is 1.33 bits per heavy atom. The molecule has 0 amide bonds. The van der Waals surface area contributed by atoms with Gasteiger partial charge < -0.3 is 5.11 Å². The maximum atomic E-state index is 10.2. The molecule has 0 aliphatic rings. The van der Waals surface area contributed by atoms with Crippen LogP contribution in [-0.2, 0) is 4.79 Å². The Morgan fingerprint density at radius 3 is 2.60 bits per heavy atom. The second-order valence-corrected chi connectivity index (χ2v) is 4.16. The molecular formula is C12H13BrO2. The number of halogens is 1. The van der Waals surface area contributed by atoms with Crippen molar-refractivity contribution in [1.29, 1.82) is 0 Å². The summed E-state index contributed by atoms with van der Waals surface area (Å²) < 4.78 is 1.06. The summed E-state index contributed by atoms with van der Waals surface area (Å²) in [5.74, 6) is -0.730. The standard InChI is InChI=1S/C12H13BrO2/c13-11-8-6-10(7-9-11)4-2-1-3-5-12(14)15/h2,4,6-9H,1,3,5H2,(H,14,15)/b4-2+. The van der Waals surface area contributed by atoms with Crippen LogP contribution in [0.3, 0.4) is 0 Å². The molecule has 0 heterocycles. The summed E-state index contributed by atoms with van der Waals surface area (Å²) in [5.41, 5.74) is 1.13. The highest BCUT2D eigenvalue weighted by Crippen LogP contribution is 2.12. The van der Waals surface area contributed by atoms with E-state index in [4.69, 9.17) is 5.11 Å². The number of carbonyl (C=O) groups is 1. The number of hydrogen-bond acceptors (Lipinski definition) is 1. The van der Waals surface area contributed by atoms with Gasteiger partial charge in [0.25, 0.3) is 0 Å². The first-order valence-electron chi connectivity index (χ1n) is 4.82. The monoisotopic (exact) mass is 268 g/mol. The number of allylic oxidation sites excluding steroid dienone is 1. The first-order chi connectivity index (χ1) is 7.18. The smallest absolute Gasteiger partial charge is 0.303 e. The average molecular weight is 269 g/mol. The molecule has 80 valence electrons. The lowest BCUT2D eigenvalue weighted by Gasteiger charge is -1.94. The van der Waals surface area contributed by atoms with Crippen molar-refractivity contribution in [3.05, 3.63) is 40.4 Å². The summed E-state index contributed by atoms with van der Waals surface area (Å²) in [5, 5.41) is 8.43. The fraction of sp³-hybridized carbons (Fsp3) is 0.250. The topological polar surface area (TPSA) is 37.3 Å². The highest BCUT2D eigenvalue weighted by molar-refractivity contribution is 9.10. The van der Waals surface area contributed by atoms with E-state index in [2.05, 4.69) is 15.9 Å². The van der Waals surface area contributed by atoms with Crippen LogP contribution in [-0.4, -0.2) is 11.1 Å². The van der Waals surface area contributed by atoms with Gasteiger partial charge in [-0.3, -0.25) is 4.79 Å². The number of aliphatic carboxylic acids is 1. The molecule has 2 nitrogen and oxygen atoms in total. The van der Waals surface area contributed by atoms with Crippen LogP contribution in [0.15, 0.2) is 34.8 Å². The van der Waals surface area contributed by atoms with Crippen LogP contribution in [0.25, 0.3) is 6.08 Å². The number of benzene rings is 1. The summed E-state index contributed by atoms with van der Waals surface area (Å²) in [6.45, 7) is 0. The molecule has 0 spiro atoms. The number of unbranched alkanes of at least 4 members (excludes halogenated alkanes) is 1. The Morgan fingerprint density at radius 2 is 2.00 bits per heavy atom. The van der Waals surface area contributed by atoms with Gasteiger partial charge in [-0.15, -0.1) is 0 Å². The van der Waals surface area contributed by atoms with Gasteiger partial charge in [-0.1, -0.05) is 40.2 Å². The summed E-state index contributed by atoms with van der Waals surface area (Å²) in [6, 6.07) is 7.99. The van der Waals surface area contributed by atoms with Crippen LogP contribution in [0, 0.1) is 0 Å². The fourth-order valence-electron chi connectivity index (χ4n) is 1.16. The first-order valence-corrected chi connectivity index (χ1v) is 5.61. The lowest BCUT2D eigenvalue weighted by molar-refractivity contribution is -0.137. The molecule has 0 saturated carbocycles. The molecule has 0 fully saturated rings. The summed E-state index contributed by atoms with van der Waals surface area (Å²) in [7, 11) is 0. The van der Waals surface area contributed by atoms with E-state index < -0.39 is 5.97 Å². The molecule has 0 saturated heterocycles. The van der Waals surface area contributed by atoms with Crippen molar-refractivity contribution in [3.8, 4) is 0 Å². The molecule has 0 aromatic heterocycles. The first kappa shape index (κ1) is 12.0. The van der Waals surface area contributed by atoms with Gasteiger partial charge in [0, 0.05) is 10.9 Å². The van der Waals surface area contributed by atoms with Crippen LogP contribution in [0.1, 0.15) is 24.8 Å². The Balaban J connectivity index is 2.32. The largest absolute Gasteiger partial charge is 0.481 e. The maximum Gasteiger partial charge on any atom is 0.303 e. The van der Waals surface area contributed by atoms with Gasteiger partial charge in [0.2, 0.25) is 0 Å². The van der Waals surface area contributed by atoms with Gasteiger partial charge in [-0.25, -0.2) is 0 Å². The zero-order chi connectivity index (χ0) is 11.1. The van der Waals surface area contributed by atoms with Crippen molar-refractivity contribution in [1.82, 2.24) is 0 Å². The normalized spacial score (nSPS) is 10.7. The van der Waals surface area contributed by atoms with Gasteiger partial charge in [-0.2, -0.15) is 0 Å². The Kier molecular flexibility index (Phi) is 5.12. The lowest BCUT2D eigenvalue weighted by atomic mass is 10.1. The Labute approximate surface area is 97.8 Å². The summed E-state index contributed by atoms with van der Waals surface area (Å²) in [4.78, 5) is 10.2. The molecule has 0 atom stereocenters. The highest BCUT2D eigenvalue weighted by atomic mass is 79.9. The summed E-state index contributed by atoms with van der Waals surface area (Å²) in [6.07, 6.45) is 5.76. The molecule has 1 N–H and O–H groups in total. The SMILES string of the molecule is O=C(O)CCC/C=C/c1ccc(Br)cc1. The van der Waals surface area contributed by atoms with Gasteiger partial charge in [-0.05, 0) is 30.5 Å². The van der Waals surface area contributed by atoms with Crippen molar-refractivity contribution in [2.75, 3.05) is 0 Å². The van der Waals surface area contributed by atoms with Crippen LogP contribution in [0.5, 0.6) is 0 Å². The number of hydrogen-bond donors (Lipinski definition) is 1. The number of carboxylic acids is 1. The number of rotatable bonds is 5. The van der Waals surface area contributed by atoms with Gasteiger partial charge in [0.05, 0.1) is 0 Å². The minimum absolute atomic E-state index is 0.241. The zero-order valence-electron chi connectivity index (χ0n) is 8.32. The third-order valence-electron chi connectivity index (χ3n) is 1.94. The van der Waals surface area contributed by atoms with E-state index in [-0.39, 0.29) is 6.42 Å².